The monoisotopic (exact) mass is 273 g/mol. The fourth-order valence-corrected chi connectivity index (χ4v) is 1.61. The Hall–Kier alpha value is -0.740. The zero-order chi connectivity index (χ0) is 11.3. The summed E-state index contributed by atoms with van der Waals surface area (Å²) in [6, 6.07) is 3.77. The zero-order valence-corrected chi connectivity index (χ0v) is 10.6. The summed E-state index contributed by atoms with van der Waals surface area (Å²) in [6.45, 7) is 5.79. The van der Waals surface area contributed by atoms with E-state index in [1.807, 2.05) is 26.0 Å². The fraction of sp³-hybridized carbons (Fsp3) is 0.455. The van der Waals surface area contributed by atoms with Crippen molar-refractivity contribution in [2.45, 2.75) is 13.8 Å². The van der Waals surface area contributed by atoms with Gasteiger partial charge in [0.2, 0.25) is 0 Å². The van der Waals surface area contributed by atoms with Crippen molar-refractivity contribution < 1.29 is 9.47 Å². The van der Waals surface area contributed by atoms with Crippen LogP contribution in [0.4, 0.5) is 5.69 Å². The second kappa shape index (κ2) is 5.98. The third-order valence-electron chi connectivity index (χ3n) is 2.01. The lowest BCUT2D eigenvalue weighted by Crippen LogP contribution is -2.07. The van der Waals surface area contributed by atoms with Crippen LogP contribution >= 0.6 is 15.9 Å². The van der Waals surface area contributed by atoms with Gasteiger partial charge >= 0.3 is 0 Å². The molecule has 3 nitrogen and oxygen atoms in total. The molecule has 0 aliphatic rings. The molecule has 0 aliphatic heterocycles. The highest BCUT2D eigenvalue weighted by Crippen LogP contribution is 2.29. The summed E-state index contributed by atoms with van der Waals surface area (Å²) >= 11 is 3.40. The Morgan fingerprint density at radius 3 is 2.73 bits per heavy atom. The minimum absolute atomic E-state index is 0.551. The minimum Gasteiger partial charge on any atom is -0.490 e. The predicted octanol–water partition coefficient (Wildman–Crippen LogP) is 2.76. The van der Waals surface area contributed by atoms with Gasteiger partial charge in [-0.3, -0.25) is 0 Å². The van der Waals surface area contributed by atoms with Gasteiger partial charge in [-0.25, -0.2) is 0 Å². The molecule has 0 aliphatic carbocycles. The number of aryl methyl sites for hydroxylation is 1. The lowest BCUT2D eigenvalue weighted by molar-refractivity contribution is 0.110. The van der Waals surface area contributed by atoms with Crippen LogP contribution in [0.5, 0.6) is 5.75 Å². The van der Waals surface area contributed by atoms with Gasteiger partial charge in [0.15, 0.2) is 0 Å². The Balaban J connectivity index is 2.57. The molecule has 1 rings (SSSR count). The predicted molar refractivity (Wildman–Crippen MR) is 65.3 cm³/mol. The first-order valence-corrected chi connectivity index (χ1v) is 5.70. The average Bonchev–Trinajstić information content (AvgIpc) is 2.20. The van der Waals surface area contributed by atoms with Gasteiger partial charge in [-0.2, -0.15) is 0 Å². The van der Waals surface area contributed by atoms with Crippen LogP contribution in [0.15, 0.2) is 16.6 Å². The maximum Gasteiger partial charge on any atom is 0.134 e. The summed E-state index contributed by atoms with van der Waals surface area (Å²) in [5, 5.41) is 0. The minimum atomic E-state index is 0.551. The van der Waals surface area contributed by atoms with Gasteiger partial charge in [-0.1, -0.05) is 0 Å². The van der Waals surface area contributed by atoms with Gasteiger partial charge in [-0.05, 0) is 47.5 Å². The van der Waals surface area contributed by atoms with Crippen LogP contribution in [0, 0.1) is 6.92 Å². The molecule has 1 aromatic rings. The lowest BCUT2D eigenvalue weighted by atomic mass is 10.2. The van der Waals surface area contributed by atoms with Crippen LogP contribution in [0.25, 0.3) is 0 Å². The number of rotatable bonds is 5. The van der Waals surface area contributed by atoms with Gasteiger partial charge in [-0.15, -0.1) is 0 Å². The maximum absolute atomic E-state index is 5.76. The van der Waals surface area contributed by atoms with Crippen molar-refractivity contribution in [1.29, 1.82) is 0 Å². The molecule has 1 aromatic carbocycles. The molecule has 0 amide bonds. The van der Waals surface area contributed by atoms with Crippen molar-refractivity contribution in [3.63, 3.8) is 0 Å². The van der Waals surface area contributed by atoms with Crippen LogP contribution in [-0.2, 0) is 4.74 Å². The van der Waals surface area contributed by atoms with Gasteiger partial charge in [0.25, 0.3) is 0 Å². The first kappa shape index (κ1) is 12.3. The number of anilines is 1. The van der Waals surface area contributed by atoms with E-state index >= 15 is 0 Å². The van der Waals surface area contributed by atoms with Crippen LogP contribution < -0.4 is 10.5 Å². The summed E-state index contributed by atoms with van der Waals surface area (Å²) in [4.78, 5) is 0. The smallest absolute Gasteiger partial charge is 0.134 e. The molecule has 0 heterocycles. The summed E-state index contributed by atoms with van der Waals surface area (Å²) in [6.07, 6.45) is 0. The van der Waals surface area contributed by atoms with Crippen molar-refractivity contribution in [2.24, 2.45) is 0 Å². The summed E-state index contributed by atoms with van der Waals surface area (Å²) in [7, 11) is 0. The lowest BCUT2D eigenvalue weighted by Gasteiger charge is -2.10. The largest absolute Gasteiger partial charge is 0.490 e. The van der Waals surface area contributed by atoms with Gasteiger partial charge in [0.1, 0.15) is 12.4 Å². The normalized spacial score (nSPS) is 10.3. The standard InChI is InChI=1S/C11H16BrNO2/c1-3-14-4-5-15-11-6-8(2)10(13)7-9(11)12/h6-7H,3-5,13H2,1-2H3. The summed E-state index contributed by atoms with van der Waals surface area (Å²) < 4.78 is 11.6. The molecule has 0 aromatic heterocycles. The number of nitrogen functional groups attached to an aromatic ring is 1. The average molecular weight is 274 g/mol. The van der Waals surface area contributed by atoms with E-state index < -0.39 is 0 Å². The molecule has 2 N–H and O–H groups in total. The van der Waals surface area contributed by atoms with Crippen molar-refractivity contribution in [3.8, 4) is 5.75 Å². The van der Waals surface area contributed by atoms with E-state index in [4.69, 9.17) is 15.2 Å². The highest BCUT2D eigenvalue weighted by molar-refractivity contribution is 9.10. The molecule has 0 fully saturated rings. The highest BCUT2D eigenvalue weighted by Gasteiger charge is 2.04. The Kier molecular flexibility index (Phi) is 4.91. The Morgan fingerprint density at radius 1 is 1.33 bits per heavy atom. The topological polar surface area (TPSA) is 44.5 Å². The van der Waals surface area contributed by atoms with Crippen molar-refractivity contribution in [3.05, 3.63) is 22.2 Å². The molecule has 0 radical (unpaired) electrons. The first-order chi connectivity index (χ1) is 7.15. The van der Waals surface area contributed by atoms with E-state index in [-0.39, 0.29) is 0 Å². The maximum atomic E-state index is 5.76. The molecule has 0 unspecified atom stereocenters. The molecule has 15 heavy (non-hydrogen) atoms. The van der Waals surface area contributed by atoms with Crippen molar-refractivity contribution >= 4 is 21.6 Å². The number of hydrogen-bond donors (Lipinski definition) is 1. The SMILES string of the molecule is CCOCCOc1cc(C)c(N)cc1Br. The molecular formula is C11H16BrNO2. The fourth-order valence-electron chi connectivity index (χ4n) is 1.14. The number of hydrogen-bond acceptors (Lipinski definition) is 3. The second-order valence-corrected chi connectivity index (χ2v) is 4.04. The zero-order valence-electron chi connectivity index (χ0n) is 9.05. The summed E-state index contributed by atoms with van der Waals surface area (Å²) in [5.74, 6) is 0.807. The molecule has 4 heteroatoms. The van der Waals surface area contributed by atoms with Crippen LogP contribution in [0.1, 0.15) is 12.5 Å². The highest BCUT2D eigenvalue weighted by atomic mass is 79.9. The molecule has 0 saturated carbocycles. The number of nitrogens with two attached hydrogens (primary N) is 1. The number of ether oxygens (including phenoxy) is 2. The van der Waals surface area contributed by atoms with Crippen LogP contribution in [-0.4, -0.2) is 19.8 Å². The third-order valence-corrected chi connectivity index (χ3v) is 2.63. The first-order valence-electron chi connectivity index (χ1n) is 4.91. The molecule has 0 atom stereocenters. The Bertz CT molecular complexity index is 329. The van der Waals surface area contributed by atoms with E-state index in [1.54, 1.807) is 0 Å². The van der Waals surface area contributed by atoms with Crippen molar-refractivity contribution in [1.82, 2.24) is 0 Å². The van der Waals surface area contributed by atoms with Gasteiger partial charge < -0.3 is 15.2 Å². The van der Waals surface area contributed by atoms with E-state index in [2.05, 4.69) is 15.9 Å². The van der Waals surface area contributed by atoms with Crippen LogP contribution in [0.2, 0.25) is 0 Å². The molecule has 84 valence electrons. The van der Waals surface area contributed by atoms with Crippen molar-refractivity contribution in [2.75, 3.05) is 25.6 Å². The number of halogens is 1. The van der Waals surface area contributed by atoms with E-state index in [0.717, 1.165) is 21.5 Å². The van der Waals surface area contributed by atoms with E-state index in [9.17, 15) is 0 Å². The second-order valence-electron chi connectivity index (χ2n) is 3.18. The molecular weight excluding hydrogens is 258 g/mol. The van der Waals surface area contributed by atoms with Gasteiger partial charge in [0.05, 0.1) is 11.1 Å². The number of benzene rings is 1. The van der Waals surface area contributed by atoms with E-state index in [0.29, 0.717) is 19.8 Å². The van der Waals surface area contributed by atoms with E-state index in [1.165, 1.54) is 0 Å². The molecule has 0 bridgehead atoms. The van der Waals surface area contributed by atoms with Gasteiger partial charge in [0, 0.05) is 12.3 Å². The Labute approximate surface area is 98.7 Å². The third kappa shape index (κ3) is 3.72. The Morgan fingerprint density at radius 2 is 2.07 bits per heavy atom. The molecule has 0 saturated heterocycles. The summed E-state index contributed by atoms with van der Waals surface area (Å²) in [5.41, 5.74) is 7.54. The molecule has 0 spiro atoms. The van der Waals surface area contributed by atoms with Crippen LogP contribution in [0.3, 0.4) is 0 Å². The quantitative estimate of drug-likeness (QED) is 0.663.